The summed E-state index contributed by atoms with van der Waals surface area (Å²) in [7, 11) is 1.50. The monoisotopic (exact) mass is 437 g/mol. The summed E-state index contributed by atoms with van der Waals surface area (Å²) in [4.78, 5) is 7.87. The molecule has 1 aliphatic rings. The van der Waals surface area contributed by atoms with E-state index < -0.39 is 17.7 Å². The quantitative estimate of drug-likeness (QED) is 0.475. The van der Waals surface area contributed by atoms with Gasteiger partial charge in [-0.25, -0.2) is 9.67 Å². The fourth-order valence-electron chi connectivity index (χ4n) is 4.36. The number of alkyl halides is 3. The van der Waals surface area contributed by atoms with Gasteiger partial charge in [0.2, 0.25) is 0 Å². The predicted molar refractivity (Wildman–Crippen MR) is 111 cm³/mol. The number of nitriles is 1. The first-order chi connectivity index (χ1) is 15.4. The van der Waals surface area contributed by atoms with Gasteiger partial charge in [-0.2, -0.15) is 18.4 Å². The summed E-state index contributed by atoms with van der Waals surface area (Å²) in [5.74, 6) is 0.897. The molecule has 0 fully saturated rings. The molecular weight excluding hydrogens is 419 g/mol. The Kier molecular flexibility index (Phi) is 4.66. The maximum absolute atomic E-state index is 13.6. The molecule has 2 aromatic heterocycles. The number of rotatable bonds is 3. The highest BCUT2D eigenvalue weighted by molar-refractivity contribution is 5.87. The zero-order valence-corrected chi connectivity index (χ0v) is 17.1. The molecule has 32 heavy (non-hydrogen) atoms. The fraction of sp³-hybridized carbons (Fsp3) is 0.261. The van der Waals surface area contributed by atoms with Crippen LogP contribution in [0, 0.1) is 11.3 Å². The van der Waals surface area contributed by atoms with Crippen molar-refractivity contribution in [3.63, 3.8) is 0 Å². The summed E-state index contributed by atoms with van der Waals surface area (Å²) < 4.78 is 47.8. The minimum atomic E-state index is -4.43. The third kappa shape index (κ3) is 3.28. The Morgan fingerprint density at radius 3 is 2.78 bits per heavy atom. The number of aromatic nitrogens is 4. The summed E-state index contributed by atoms with van der Waals surface area (Å²) in [6.45, 7) is 0.597. The minimum Gasteiger partial charge on any atom is -0.495 e. The van der Waals surface area contributed by atoms with E-state index in [1.54, 1.807) is 22.9 Å². The first-order valence-corrected chi connectivity index (χ1v) is 10.1. The maximum Gasteiger partial charge on any atom is 0.416 e. The molecule has 6 nitrogen and oxygen atoms in total. The molecule has 0 radical (unpaired) electrons. The van der Waals surface area contributed by atoms with Crippen molar-refractivity contribution in [2.24, 2.45) is 0 Å². The topological polar surface area (TPSA) is 79.5 Å². The van der Waals surface area contributed by atoms with Crippen molar-refractivity contribution in [2.75, 3.05) is 7.11 Å². The van der Waals surface area contributed by atoms with Crippen LogP contribution >= 0.6 is 0 Å². The van der Waals surface area contributed by atoms with Crippen molar-refractivity contribution in [1.82, 2.24) is 19.7 Å². The highest BCUT2D eigenvalue weighted by Gasteiger charge is 2.37. The summed E-state index contributed by atoms with van der Waals surface area (Å²) in [6.07, 6.45) is -3.15. The Morgan fingerprint density at radius 1 is 1.22 bits per heavy atom. The zero-order chi connectivity index (χ0) is 22.5. The summed E-state index contributed by atoms with van der Waals surface area (Å²) >= 11 is 0. The maximum atomic E-state index is 13.6. The fourth-order valence-corrected chi connectivity index (χ4v) is 4.36. The highest BCUT2D eigenvalue weighted by Crippen LogP contribution is 2.41. The van der Waals surface area contributed by atoms with E-state index in [1.165, 1.54) is 19.2 Å². The van der Waals surface area contributed by atoms with Crippen LogP contribution in [0.15, 0.2) is 42.5 Å². The molecule has 0 bridgehead atoms. The van der Waals surface area contributed by atoms with Crippen molar-refractivity contribution in [3.05, 3.63) is 65.0 Å². The molecular formula is C23H18F3N5O. The van der Waals surface area contributed by atoms with Crippen LogP contribution in [-0.2, 0) is 12.7 Å². The van der Waals surface area contributed by atoms with Crippen LogP contribution in [0.25, 0.3) is 22.4 Å². The summed E-state index contributed by atoms with van der Waals surface area (Å²) in [5.41, 5.74) is 1.38. The zero-order valence-electron chi connectivity index (χ0n) is 17.1. The van der Waals surface area contributed by atoms with Crippen LogP contribution in [0.5, 0.6) is 5.75 Å². The van der Waals surface area contributed by atoms with Gasteiger partial charge < -0.3 is 9.72 Å². The van der Waals surface area contributed by atoms with E-state index in [-0.39, 0.29) is 5.56 Å². The highest BCUT2D eigenvalue weighted by atomic mass is 19.4. The first kappa shape index (κ1) is 20.1. The van der Waals surface area contributed by atoms with E-state index in [4.69, 9.17) is 4.74 Å². The smallest absolute Gasteiger partial charge is 0.416 e. The largest absolute Gasteiger partial charge is 0.495 e. The number of H-pyrrole nitrogens is 1. The molecule has 162 valence electrons. The minimum absolute atomic E-state index is 0.222. The van der Waals surface area contributed by atoms with Crippen molar-refractivity contribution >= 4 is 10.9 Å². The molecule has 4 aromatic rings. The van der Waals surface area contributed by atoms with E-state index >= 15 is 0 Å². The number of benzene rings is 2. The number of hydrogen-bond donors (Lipinski definition) is 1. The third-order valence-electron chi connectivity index (χ3n) is 5.82. The number of nitrogens with one attached hydrogen (secondary N) is 1. The van der Waals surface area contributed by atoms with Crippen LogP contribution in [0.4, 0.5) is 13.2 Å². The van der Waals surface area contributed by atoms with Gasteiger partial charge in [0.25, 0.3) is 0 Å². The van der Waals surface area contributed by atoms with Crippen molar-refractivity contribution in [1.29, 1.82) is 5.26 Å². The van der Waals surface area contributed by atoms with Gasteiger partial charge in [-0.3, -0.25) is 0 Å². The van der Waals surface area contributed by atoms with E-state index in [1.807, 2.05) is 6.07 Å². The number of methoxy groups -OCH3 is 1. The van der Waals surface area contributed by atoms with Crippen LogP contribution in [0.1, 0.15) is 41.3 Å². The van der Waals surface area contributed by atoms with Gasteiger partial charge in [0.05, 0.1) is 23.9 Å². The Labute approximate surface area is 181 Å². The third-order valence-corrected chi connectivity index (χ3v) is 5.82. The molecule has 2 aromatic carbocycles. The normalized spacial score (nSPS) is 16.0. The van der Waals surface area contributed by atoms with Crippen LogP contribution in [0.3, 0.4) is 0 Å². The van der Waals surface area contributed by atoms with Crippen LogP contribution in [0.2, 0.25) is 0 Å². The standard InChI is InChI=1S/C23H18F3N5O/c1-32-20-11-18-13(9-14(20)12-27)10-19(28-18)21-29-22-16(6-4-8-31(22)30-21)15-5-2-3-7-17(15)23(24,25)26/h2-3,5,7,9-11,16,28H,4,6,8H2,1H3. The number of fused-ring (bicyclic) bond motifs is 2. The Morgan fingerprint density at radius 2 is 2.03 bits per heavy atom. The van der Waals surface area contributed by atoms with E-state index in [0.717, 1.165) is 17.0 Å². The lowest BCUT2D eigenvalue weighted by molar-refractivity contribution is -0.138. The van der Waals surface area contributed by atoms with Crippen molar-refractivity contribution < 1.29 is 17.9 Å². The molecule has 1 N–H and O–H groups in total. The SMILES string of the molecule is COc1cc2[nH]c(-c3nc4n(n3)CCCC4c3ccccc3C(F)(F)F)cc2cc1C#N. The Bertz CT molecular complexity index is 1360. The van der Waals surface area contributed by atoms with Crippen LogP contribution in [-0.4, -0.2) is 26.9 Å². The van der Waals surface area contributed by atoms with Gasteiger partial charge in [0.15, 0.2) is 5.82 Å². The molecule has 0 amide bonds. The van der Waals surface area contributed by atoms with Crippen molar-refractivity contribution in [2.45, 2.75) is 31.5 Å². The Hall–Kier alpha value is -3.80. The van der Waals surface area contributed by atoms with E-state index in [2.05, 4.69) is 21.1 Å². The van der Waals surface area contributed by atoms with Crippen molar-refractivity contribution in [3.8, 4) is 23.3 Å². The molecule has 1 unspecified atom stereocenters. The molecule has 0 saturated carbocycles. The predicted octanol–water partition coefficient (Wildman–Crippen LogP) is 5.25. The second kappa shape index (κ2) is 7.41. The van der Waals surface area contributed by atoms with Gasteiger partial charge >= 0.3 is 6.18 Å². The molecule has 1 atom stereocenters. The average Bonchev–Trinajstić information content (AvgIpc) is 3.40. The van der Waals surface area contributed by atoms with Gasteiger partial charge in [0, 0.05) is 29.4 Å². The molecule has 0 saturated heterocycles. The van der Waals surface area contributed by atoms with E-state index in [9.17, 15) is 18.4 Å². The lowest BCUT2D eigenvalue weighted by atomic mass is 9.88. The second-order valence-corrected chi connectivity index (χ2v) is 7.73. The van der Waals surface area contributed by atoms with Gasteiger partial charge in [-0.15, -0.1) is 5.10 Å². The molecule has 0 spiro atoms. The number of nitrogens with zero attached hydrogens (tertiary/aromatic N) is 4. The molecule has 9 heteroatoms. The lowest BCUT2D eigenvalue weighted by Gasteiger charge is -2.25. The Balaban J connectivity index is 1.59. The summed E-state index contributed by atoms with van der Waals surface area (Å²) in [5, 5.41) is 14.7. The molecule has 5 rings (SSSR count). The van der Waals surface area contributed by atoms with Crippen LogP contribution < -0.4 is 4.74 Å². The lowest BCUT2D eigenvalue weighted by Crippen LogP contribution is -2.21. The first-order valence-electron chi connectivity index (χ1n) is 10.1. The average molecular weight is 437 g/mol. The number of aromatic amines is 1. The number of ether oxygens (including phenoxy) is 1. The molecule has 0 aliphatic carbocycles. The number of halogens is 3. The molecule has 3 heterocycles. The van der Waals surface area contributed by atoms with Gasteiger partial charge in [0.1, 0.15) is 17.6 Å². The number of aryl methyl sites for hydroxylation is 1. The summed E-state index contributed by atoms with van der Waals surface area (Å²) in [6, 6.07) is 13.0. The van der Waals surface area contributed by atoms with Gasteiger partial charge in [-0.05, 0) is 36.6 Å². The van der Waals surface area contributed by atoms with Gasteiger partial charge in [-0.1, -0.05) is 18.2 Å². The number of hydrogen-bond acceptors (Lipinski definition) is 4. The molecule has 1 aliphatic heterocycles. The second-order valence-electron chi connectivity index (χ2n) is 7.73. The van der Waals surface area contributed by atoms with E-state index in [0.29, 0.717) is 48.0 Å².